The monoisotopic (exact) mass is 263 g/mol. The molecule has 1 aromatic carbocycles. The number of hydrogen-bond acceptors (Lipinski definition) is 2. The van der Waals surface area contributed by atoms with Crippen LogP contribution >= 0.6 is 0 Å². The number of H-pyrrole nitrogens is 1. The largest absolute Gasteiger partial charge is 0.377 e. The van der Waals surface area contributed by atoms with E-state index in [1.54, 1.807) is 0 Å². The number of rotatable bonds is 1. The van der Waals surface area contributed by atoms with Crippen LogP contribution in [0.1, 0.15) is 31.0 Å². The molecule has 1 atom stereocenters. The van der Waals surface area contributed by atoms with Gasteiger partial charge in [-0.25, -0.2) is 0 Å². The third-order valence-corrected chi connectivity index (χ3v) is 4.42. The van der Waals surface area contributed by atoms with Crippen LogP contribution in [0.4, 0.5) is 5.69 Å². The van der Waals surface area contributed by atoms with Gasteiger partial charge in [0.15, 0.2) is 0 Å². The van der Waals surface area contributed by atoms with Gasteiger partial charge in [-0.3, -0.25) is 4.98 Å². The molecule has 0 saturated carbocycles. The van der Waals surface area contributed by atoms with Crippen molar-refractivity contribution in [1.82, 2.24) is 9.97 Å². The van der Waals surface area contributed by atoms with E-state index in [2.05, 4.69) is 65.7 Å². The fourth-order valence-electron chi connectivity index (χ4n) is 3.32. The molecule has 3 heterocycles. The van der Waals surface area contributed by atoms with Crippen molar-refractivity contribution >= 4 is 16.7 Å². The van der Waals surface area contributed by atoms with Gasteiger partial charge in [-0.05, 0) is 23.8 Å². The minimum atomic E-state index is 0.0449. The second-order valence-electron chi connectivity index (χ2n) is 5.99. The van der Waals surface area contributed by atoms with Gasteiger partial charge in [0.25, 0.3) is 0 Å². The van der Waals surface area contributed by atoms with E-state index in [0.29, 0.717) is 0 Å². The lowest BCUT2D eigenvalue weighted by Gasteiger charge is -2.27. The van der Waals surface area contributed by atoms with Crippen molar-refractivity contribution in [3.63, 3.8) is 0 Å². The number of hydrogen-bond donors (Lipinski definition) is 2. The summed E-state index contributed by atoms with van der Waals surface area (Å²) in [6.45, 7) is 4.58. The zero-order chi connectivity index (χ0) is 13.7. The maximum absolute atomic E-state index is 4.54. The molecule has 0 saturated heterocycles. The van der Waals surface area contributed by atoms with Gasteiger partial charge in [-0.15, -0.1) is 0 Å². The van der Waals surface area contributed by atoms with Gasteiger partial charge in [-0.2, -0.15) is 0 Å². The summed E-state index contributed by atoms with van der Waals surface area (Å²) in [5, 5.41) is 3.66. The topological polar surface area (TPSA) is 40.7 Å². The van der Waals surface area contributed by atoms with Gasteiger partial charge in [0.2, 0.25) is 0 Å². The first-order valence-electron chi connectivity index (χ1n) is 6.96. The van der Waals surface area contributed by atoms with E-state index < -0.39 is 0 Å². The normalized spacial score (nSPS) is 19.8. The minimum absolute atomic E-state index is 0.0449. The van der Waals surface area contributed by atoms with Crippen LogP contribution in [-0.4, -0.2) is 9.97 Å². The highest BCUT2D eigenvalue weighted by Crippen LogP contribution is 2.49. The summed E-state index contributed by atoms with van der Waals surface area (Å²) in [5.74, 6) is 0. The summed E-state index contributed by atoms with van der Waals surface area (Å²) >= 11 is 0. The number of benzene rings is 1. The molecule has 4 rings (SSSR count). The second kappa shape index (κ2) is 3.85. The highest BCUT2D eigenvalue weighted by atomic mass is 15.0. The SMILES string of the molecule is CC1(C)c2ccccc2NC1c1c[nH]c2cccnc12. The fraction of sp³-hybridized carbons (Fsp3) is 0.235. The van der Waals surface area contributed by atoms with Gasteiger partial charge in [-0.1, -0.05) is 32.0 Å². The number of aromatic amines is 1. The Balaban J connectivity index is 1.89. The Kier molecular flexibility index (Phi) is 2.22. The van der Waals surface area contributed by atoms with E-state index in [1.165, 1.54) is 16.8 Å². The number of nitrogens with zero attached hydrogens (tertiary/aromatic N) is 1. The molecule has 1 aliphatic rings. The van der Waals surface area contributed by atoms with Crippen LogP contribution in [0.5, 0.6) is 0 Å². The van der Waals surface area contributed by atoms with E-state index in [0.717, 1.165) is 11.0 Å². The highest BCUT2D eigenvalue weighted by Gasteiger charge is 2.41. The Morgan fingerprint density at radius 3 is 2.80 bits per heavy atom. The molecule has 0 fully saturated rings. The lowest BCUT2D eigenvalue weighted by Crippen LogP contribution is -2.25. The van der Waals surface area contributed by atoms with E-state index in [9.17, 15) is 0 Å². The van der Waals surface area contributed by atoms with Crippen LogP contribution in [0, 0.1) is 0 Å². The number of aromatic nitrogens is 2. The van der Waals surface area contributed by atoms with E-state index >= 15 is 0 Å². The molecule has 0 aliphatic carbocycles. The maximum Gasteiger partial charge on any atom is 0.0931 e. The van der Waals surface area contributed by atoms with Crippen LogP contribution in [0.25, 0.3) is 11.0 Å². The molecule has 3 aromatic rings. The minimum Gasteiger partial charge on any atom is -0.377 e. The maximum atomic E-state index is 4.54. The quantitative estimate of drug-likeness (QED) is 0.696. The van der Waals surface area contributed by atoms with Crippen LogP contribution < -0.4 is 5.32 Å². The van der Waals surface area contributed by atoms with Crippen LogP contribution in [0.15, 0.2) is 48.8 Å². The molecule has 0 amide bonds. The van der Waals surface area contributed by atoms with Gasteiger partial charge < -0.3 is 10.3 Å². The summed E-state index contributed by atoms with van der Waals surface area (Å²) in [7, 11) is 0. The molecule has 1 aliphatic heterocycles. The number of pyridine rings is 1. The van der Waals surface area contributed by atoms with E-state index in [4.69, 9.17) is 0 Å². The third kappa shape index (κ3) is 1.43. The summed E-state index contributed by atoms with van der Waals surface area (Å²) in [5.41, 5.74) is 6.04. The third-order valence-electron chi connectivity index (χ3n) is 4.42. The van der Waals surface area contributed by atoms with Crippen molar-refractivity contribution in [2.75, 3.05) is 5.32 Å². The Hall–Kier alpha value is -2.29. The molecule has 3 heteroatoms. The Bertz CT molecular complexity index is 786. The molecule has 2 N–H and O–H groups in total. The Morgan fingerprint density at radius 1 is 1.10 bits per heavy atom. The lowest BCUT2D eigenvalue weighted by molar-refractivity contribution is 0.476. The first-order valence-corrected chi connectivity index (χ1v) is 6.96. The highest BCUT2D eigenvalue weighted by molar-refractivity contribution is 5.81. The molecule has 3 nitrogen and oxygen atoms in total. The zero-order valence-electron chi connectivity index (χ0n) is 11.6. The average molecular weight is 263 g/mol. The van der Waals surface area contributed by atoms with Gasteiger partial charge in [0.1, 0.15) is 0 Å². The summed E-state index contributed by atoms with van der Waals surface area (Å²) in [4.78, 5) is 7.87. The number of para-hydroxylation sites is 1. The first-order chi connectivity index (χ1) is 9.68. The molecule has 0 radical (unpaired) electrons. The first kappa shape index (κ1) is 11.5. The number of nitrogens with one attached hydrogen (secondary N) is 2. The van der Waals surface area contributed by atoms with Crippen molar-refractivity contribution in [3.05, 3.63) is 59.9 Å². The van der Waals surface area contributed by atoms with Crippen molar-refractivity contribution in [2.45, 2.75) is 25.3 Å². The van der Waals surface area contributed by atoms with Crippen LogP contribution in [0.3, 0.4) is 0 Å². The lowest BCUT2D eigenvalue weighted by atomic mass is 9.78. The van der Waals surface area contributed by atoms with Crippen molar-refractivity contribution < 1.29 is 0 Å². The molecule has 0 bridgehead atoms. The van der Waals surface area contributed by atoms with Crippen LogP contribution in [-0.2, 0) is 5.41 Å². The molecule has 0 spiro atoms. The zero-order valence-corrected chi connectivity index (χ0v) is 11.6. The van der Waals surface area contributed by atoms with Crippen molar-refractivity contribution in [1.29, 1.82) is 0 Å². The molecule has 1 unspecified atom stereocenters. The van der Waals surface area contributed by atoms with Gasteiger partial charge in [0.05, 0.1) is 17.1 Å². The molecular formula is C17H17N3. The number of fused-ring (bicyclic) bond motifs is 2. The van der Waals surface area contributed by atoms with E-state index in [1.807, 2.05) is 12.3 Å². The standard InChI is InChI=1S/C17H17N3/c1-17(2)12-6-3-4-7-13(12)20-16(17)11-10-19-14-8-5-9-18-15(11)14/h3-10,16,19-20H,1-2H3. The van der Waals surface area contributed by atoms with Crippen molar-refractivity contribution in [2.24, 2.45) is 0 Å². The second-order valence-corrected chi connectivity index (χ2v) is 5.99. The van der Waals surface area contributed by atoms with E-state index in [-0.39, 0.29) is 11.5 Å². The molecular weight excluding hydrogens is 246 g/mol. The molecule has 100 valence electrons. The van der Waals surface area contributed by atoms with Gasteiger partial charge >= 0.3 is 0 Å². The molecule has 20 heavy (non-hydrogen) atoms. The van der Waals surface area contributed by atoms with Crippen molar-refractivity contribution in [3.8, 4) is 0 Å². The smallest absolute Gasteiger partial charge is 0.0931 e. The Labute approximate surface area is 118 Å². The Morgan fingerprint density at radius 2 is 1.95 bits per heavy atom. The number of anilines is 1. The van der Waals surface area contributed by atoms with Gasteiger partial charge in [0, 0.05) is 29.1 Å². The summed E-state index contributed by atoms with van der Waals surface area (Å²) in [6.07, 6.45) is 3.94. The fourth-order valence-corrected chi connectivity index (χ4v) is 3.32. The summed E-state index contributed by atoms with van der Waals surface area (Å²) < 4.78 is 0. The molecule has 2 aromatic heterocycles. The average Bonchev–Trinajstić information content (AvgIpc) is 2.98. The predicted octanol–water partition coefficient (Wildman–Crippen LogP) is 4.01. The van der Waals surface area contributed by atoms with Crippen LogP contribution in [0.2, 0.25) is 0 Å². The summed E-state index contributed by atoms with van der Waals surface area (Å²) in [6, 6.07) is 12.8. The predicted molar refractivity (Wildman–Crippen MR) is 81.9 cm³/mol.